The van der Waals surface area contributed by atoms with Gasteiger partial charge >= 0.3 is 0 Å². The standard InChI is InChI=1S/C10H11Cl2NS/c1-6(5-9(13)14)7-3-2-4-8(11)10(7)12/h2-4,6H,5H2,1H3,(H2,13,14). The quantitative estimate of drug-likeness (QED) is 0.824. The lowest BCUT2D eigenvalue weighted by atomic mass is 9.98. The summed E-state index contributed by atoms with van der Waals surface area (Å²) in [5, 5.41) is 1.16. The lowest BCUT2D eigenvalue weighted by Gasteiger charge is -2.13. The van der Waals surface area contributed by atoms with Gasteiger partial charge in [-0.3, -0.25) is 0 Å². The first-order chi connectivity index (χ1) is 6.52. The zero-order valence-electron chi connectivity index (χ0n) is 7.76. The molecule has 1 unspecified atom stereocenters. The molecule has 0 saturated carbocycles. The fourth-order valence-corrected chi connectivity index (χ4v) is 2.06. The summed E-state index contributed by atoms with van der Waals surface area (Å²) in [5.41, 5.74) is 6.47. The normalized spacial score (nSPS) is 12.5. The maximum atomic E-state index is 6.06. The Labute approximate surface area is 99.2 Å². The molecule has 1 nitrogen and oxygen atoms in total. The maximum Gasteiger partial charge on any atom is 0.0733 e. The van der Waals surface area contributed by atoms with Crippen molar-refractivity contribution >= 4 is 40.4 Å². The van der Waals surface area contributed by atoms with Crippen LogP contribution in [0.5, 0.6) is 0 Å². The Kier molecular flexibility index (Phi) is 4.17. The first-order valence-electron chi connectivity index (χ1n) is 4.24. The second-order valence-electron chi connectivity index (χ2n) is 3.21. The van der Waals surface area contributed by atoms with E-state index in [-0.39, 0.29) is 5.92 Å². The Hall–Kier alpha value is -0.310. The molecule has 1 aromatic rings. The summed E-state index contributed by atoms with van der Waals surface area (Å²) in [6.07, 6.45) is 0.648. The highest BCUT2D eigenvalue weighted by Gasteiger charge is 2.12. The van der Waals surface area contributed by atoms with Crippen molar-refractivity contribution < 1.29 is 0 Å². The Bertz CT molecular complexity index is 352. The largest absolute Gasteiger partial charge is 0.393 e. The second-order valence-corrected chi connectivity index (χ2v) is 4.52. The van der Waals surface area contributed by atoms with Crippen molar-refractivity contribution in [1.29, 1.82) is 0 Å². The zero-order valence-corrected chi connectivity index (χ0v) is 10.1. The van der Waals surface area contributed by atoms with Gasteiger partial charge in [0, 0.05) is 6.42 Å². The van der Waals surface area contributed by atoms with E-state index < -0.39 is 0 Å². The van der Waals surface area contributed by atoms with E-state index in [1.807, 2.05) is 19.1 Å². The van der Waals surface area contributed by atoms with Crippen LogP contribution >= 0.6 is 35.4 Å². The van der Waals surface area contributed by atoms with E-state index in [2.05, 4.69) is 0 Å². The van der Waals surface area contributed by atoms with Crippen LogP contribution in [0.3, 0.4) is 0 Å². The molecule has 0 spiro atoms. The smallest absolute Gasteiger partial charge is 0.0733 e. The van der Waals surface area contributed by atoms with Crippen LogP contribution in [0.2, 0.25) is 10.0 Å². The molecule has 0 amide bonds. The van der Waals surface area contributed by atoms with Crippen LogP contribution in [0.1, 0.15) is 24.8 Å². The first kappa shape index (κ1) is 11.8. The minimum atomic E-state index is 0.207. The number of rotatable bonds is 3. The van der Waals surface area contributed by atoms with Gasteiger partial charge in [-0.25, -0.2) is 0 Å². The fourth-order valence-electron chi connectivity index (χ4n) is 1.31. The average Bonchev–Trinajstić information content (AvgIpc) is 2.08. The maximum absolute atomic E-state index is 6.06. The van der Waals surface area contributed by atoms with E-state index in [9.17, 15) is 0 Å². The molecule has 0 aliphatic heterocycles. The van der Waals surface area contributed by atoms with Gasteiger partial charge < -0.3 is 5.73 Å². The van der Waals surface area contributed by atoms with Crippen LogP contribution in [0.4, 0.5) is 0 Å². The topological polar surface area (TPSA) is 26.0 Å². The molecule has 0 aliphatic rings. The highest BCUT2D eigenvalue weighted by molar-refractivity contribution is 7.80. The van der Waals surface area contributed by atoms with Gasteiger partial charge in [-0.05, 0) is 17.5 Å². The number of halogens is 2. The van der Waals surface area contributed by atoms with Gasteiger partial charge in [-0.1, -0.05) is 54.5 Å². The van der Waals surface area contributed by atoms with Crippen molar-refractivity contribution in [3.8, 4) is 0 Å². The third-order valence-corrected chi connectivity index (χ3v) is 3.02. The number of nitrogens with two attached hydrogens (primary N) is 1. The summed E-state index contributed by atoms with van der Waals surface area (Å²) in [5.74, 6) is 0.207. The molecule has 0 aromatic heterocycles. The molecule has 0 bridgehead atoms. The van der Waals surface area contributed by atoms with E-state index in [0.29, 0.717) is 21.5 Å². The number of hydrogen-bond acceptors (Lipinski definition) is 1. The average molecular weight is 248 g/mol. The number of thiocarbonyl (C=S) groups is 1. The van der Waals surface area contributed by atoms with Crippen molar-refractivity contribution in [2.45, 2.75) is 19.3 Å². The predicted molar refractivity (Wildman–Crippen MR) is 66.3 cm³/mol. The molecule has 1 rings (SSSR count). The molecule has 0 fully saturated rings. The molecule has 1 aromatic carbocycles. The van der Waals surface area contributed by atoms with Crippen LogP contribution in [0.15, 0.2) is 18.2 Å². The van der Waals surface area contributed by atoms with E-state index in [0.717, 1.165) is 5.56 Å². The molecule has 2 N–H and O–H groups in total. The molecular formula is C10H11Cl2NS. The lowest BCUT2D eigenvalue weighted by molar-refractivity contribution is 0.807. The Morgan fingerprint density at radius 2 is 2.14 bits per heavy atom. The minimum absolute atomic E-state index is 0.207. The van der Waals surface area contributed by atoms with E-state index in [4.69, 9.17) is 41.2 Å². The molecule has 0 aliphatic carbocycles. The van der Waals surface area contributed by atoms with Gasteiger partial charge in [0.25, 0.3) is 0 Å². The predicted octanol–water partition coefficient (Wildman–Crippen LogP) is 3.77. The SMILES string of the molecule is CC(CC(N)=S)c1cccc(Cl)c1Cl. The van der Waals surface area contributed by atoms with Crippen molar-refractivity contribution in [3.63, 3.8) is 0 Å². The highest BCUT2D eigenvalue weighted by Crippen LogP contribution is 2.32. The van der Waals surface area contributed by atoms with Crippen molar-refractivity contribution in [1.82, 2.24) is 0 Å². The second kappa shape index (κ2) is 4.96. The van der Waals surface area contributed by atoms with E-state index >= 15 is 0 Å². The summed E-state index contributed by atoms with van der Waals surface area (Å²) in [4.78, 5) is 0.494. The molecule has 0 radical (unpaired) electrons. The third kappa shape index (κ3) is 2.84. The van der Waals surface area contributed by atoms with E-state index in [1.54, 1.807) is 6.07 Å². The first-order valence-corrected chi connectivity index (χ1v) is 5.41. The van der Waals surface area contributed by atoms with Crippen molar-refractivity contribution in [3.05, 3.63) is 33.8 Å². The zero-order chi connectivity index (χ0) is 10.7. The number of benzene rings is 1. The molecular weight excluding hydrogens is 237 g/mol. The van der Waals surface area contributed by atoms with Crippen LogP contribution in [0, 0.1) is 0 Å². The Morgan fingerprint density at radius 3 is 2.71 bits per heavy atom. The Balaban J connectivity index is 2.95. The molecule has 0 saturated heterocycles. The summed E-state index contributed by atoms with van der Waals surface area (Å²) in [6.45, 7) is 2.02. The van der Waals surface area contributed by atoms with Crippen LogP contribution in [-0.4, -0.2) is 4.99 Å². The van der Waals surface area contributed by atoms with Gasteiger partial charge in [0.1, 0.15) is 0 Å². The highest BCUT2D eigenvalue weighted by atomic mass is 35.5. The van der Waals surface area contributed by atoms with Gasteiger partial charge in [-0.15, -0.1) is 0 Å². The van der Waals surface area contributed by atoms with Crippen molar-refractivity contribution in [2.24, 2.45) is 5.73 Å². The van der Waals surface area contributed by atoms with Crippen LogP contribution in [0.25, 0.3) is 0 Å². The molecule has 0 heterocycles. The monoisotopic (exact) mass is 247 g/mol. The Morgan fingerprint density at radius 1 is 1.50 bits per heavy atom. The third-order valence-electron chi connectivity index (χ3n) is 2.02. The van der Waals surface area contributed by atoms with E-state index in [1.165, 1.54) is 0 Å². The van der Waals surface area contributed by atoms with Crippen molar-refractivity contribution in [2.75, 3.05) is 0 Å². The summed E-state index contributed by atoms with van der Waals surface area (Å²) >= 11 is 16.8. The minimum Gasteiger partial charge on any atom is -0.393 e. The number of hydrogen-bond donors (Lipinski definition) is 1. The van der Waals surface area contributed by atoms with Crippen LogP contribution < -0.4 is 5.73 Å². The van der Waals surface area contributed by atoms with Gasteiger partial charge in [0.2, 0.25) is 0 Å². The summed E-state index contributed by atoms with van der Waals surface area (Å²) < 4.78 is 0. The molecule has 14 heavy (non-hydrogen) atoms. The molecule has 76 valence electrons. The van der Waals surface area contributed by atoms with Gasteiger partial charge in [0.05, 0.1) is 15.0 Å². The molecule has 1 atom stereocenters. The fraction of sp³-hybridized carbons (Fsp3) is 0.300. The van der Waals surface area contributed by atoms with Crippen LogP contribution in [-0.2, 0) is 0 Å². The summed E-state index contributed by atoms with van der Waals surface area (Å²) in [6, 6.07) is 5.58. The lowest BCUT2D eigenvalue weighted by Crippen LogP contribution is -2.11. The molecule has 4 heteroatoms. The van der Waals surface area contributed by atoms with Gasteiger partial charge in [0.15, 0.2) is 0 Å². The summed E-state index contributed by atoms with van der Waals surface area (Å²) in [7, 11) is 0. The van der Waals surface area contributed by atoms with Gasteiger partial charge in [-0.2, -0.15) is 0 Å².